The lowest BCUT2D eigenvalue weighted by Crippen LogP contribution is -2.29. The van der Waals surface area contributed by atoms with Gasteiger partial charge in [-0.05, 0) is 43.5 Å². The third kappa shape index (κ3) is 3.38. The molecule has 1 aromatic carbocycles. The van der Waals surface area contributed by atoms with Crippen LogP contribution >= 0.6 is 0 Å². The lowest BCUT2D eigenvalue weighted by atomic mass is 10.1. The molecule has 1 aliphatic rings. The second-order valence-electron chi connectivity index (χ2n) is 6.24. The Balaban J connectivity index is 1.70. The van der Waals surface area contributed by atoms with Gasteiger partial charge in [0, 0.05) is 24.2 Å². The lowest BCUT2D eigenvalue weighted by molar-refractivity contribution is 0.109. The largest absolute Gasteiger partial charge is 0.376 e. The average Bonchev–Trinajstić information content (AvgIpc) is 2.94. The van der Waals surface area contributed by atoms with Crippen LogP contribution in [0.1, 0.15) is 27.9 Å². The predicted molar refractivity (Wildman–Crippen MR) is 91.4 cm³/mol. The molecule has 0 aliphatic carbocycles. The molecule has 0 unspecified atom stereocenters. The molecular weight excluding hydrogens is 326 g/mol. The molecule has 2 heterocycles. The number of aryl methyl sites for hydroxylation is 3. The maximum absolute atomic E-state index is 12.6. The van der Waals surface area contributed by atoms with E-state index in [4.69, 9.17) is 4.74 Å². The zero-order valence-corrected chi connectivity index (χ0v) is 15.1. The summed E-state index contributed by atoms with van der Waals surface area (Å²) in [6.45, 7) is 7.82. The standard InChI is InChI=1S/C17H23N3O3S/c1-12-8-14(3)17(9-13(12)2)24(21,22)19-5-6-20-16-4-7-23-11-15(16)10-18-20/h8-10,19H,4-7,11H2,1-3H3. The van der Waals surface area contributed by atoms with Gasteiger partial charge in [-0.25, -0.2) is 13.1 Å². The van der Waals surface area contributed by atoms with Gasteiger partial charge in [0.25, 0.3) is 0 Å². The number of aromatic nitrogens is 2. The maximum atomic E-state index is 12.6. The van der Waals surface area contributed by atoms with Crippen molar-refractivity contribution >= 4 is 10.0 Å². The van der Waals surface area contributed by atoms with Crippen LogP contribution in [0, 0.1) is 20.8 Å². The number of nitrogens with one attached hydrogen (secondary N) is 1. The fourth-order valence-corrected chi connectivity index (χ4v) is 4.32. The molecular formula is C17H23N3O3S. The van der Waals surface area contributed by atoms with Crippen molar-refractivity contribution in [2.24, 2.45) is 0 Å². The van der Waals surface area contributed by atoms with E-state index in [1.54, 1.807) is 12.3 Å². The normalized spacial score (nSPS) is 14.6. The Morgan fingerprint density at radius 1 is 1.21 bits per heavy atom. The molecule has 0 saturated heterocycles. The summed E-state index contributed by atoms with van der Waals surface area (Å²) in [4.78, 5) is 0.349. The van der Waals surface area contributed by atoms with Crippen LogP contribution in [0.3, 0.4) is 0 Å². The van der Waals surface area contributed by atoms with E-state index in [0.29, 0.717) is 31.2 Å². The SMILES string of the molecule is Cc1cc(C)c(S(=O)(=O)NCCn2ncc3c2CCOC3)cc1C. The number of nitrogens with zero attached hydrogens (tertiary/aromatic N) is 2. The van der Waals surface area contributed by atoms with Gasteiger partial charge in [0.05, 0.1) is 30.9 Å². The van der Waals surface area contributed by atoms with Crippen molar-refractivity contribution in [1.82, 2.24) is 14.5 Å². The molecule has 0 atom stereocenters. The predicted octanol–water partition coefficient (Wildman–Crippen LogP) is 1.86. The summed E-state index contributed by atoms with van der Waals surface area (Å²) in [5.41, 5.74) is 5.06. The molecule has 24 heavy (non-hydrogen) atoms. The lowest BCUT2D eigenvalue weighted by Gasteiger charge is -2.15. The van der Waals surface area contributed by atoms with Crippen molar-refractivity contribution in [2.75, 3.05) is 13.2 Å². The minimum absolute atomic E-state index is 0.309. The Morgan fingerprint density at radius 2 is 1.96 bits per heavy atom. The first kappa shape index (κ1) is 17.1. The van der Waals surface area contributed by atoms with Crippen LogP contribution in [0.25, 0.3) is 0 Å². The highest BCUT2D eigenvalue weighted by atomic mass is 32.2. The number of sulfonamides is 1. The number of fused-ring (bicyclic) bond motifs is 1. The van der Waals surface area contributed by atoms with Crippen molar-refractivity contribution in [3.63, 3.8) is 0 Å². The van der Waals surface area contributed by atoms with Gasteiger partial charge in [0.1, 0.15) is 0 Å². The van der Waals surface area contributed by atoms with Crippen molar-refractivity contribution < 1.29 is 13.2 Å². The fourth-order valence-electron chi connectivity index (χ4n) is 2.99. The van der Waals surface area contributed by atoms with Crippen LogP contribution in [0.5, 0.6) is 0 Å². The molecule has 0 saturated carbocycles. The topological polar surface area (TPSA) is 73.2 Å². The van der Waals surface area contributed by atoms with E-state index < -0.39 is 10.0 Å². The summed E-state index contributed by atoms with van der Waals surface area (Å²) in [5, 5.41) is 4.34. The quantitative estimate of drug-likeness (QED) is 0.894. The molecule has 0 bridgehead atoms. The van der Waals surface area contributed by atoms with Gasteiger partial charge in [-0.2, -0.15) is 5.10 Å². The highest BCUT2D eigenvalue weighted by Crippen LogP contribution is 2.20. The van der Waals surface area contributed by atoms with Gasteiger partial charge in [0.15, 0.2) is 0 Å². The summed E-state index contributed by atoms with van der Waals surface area (Å²) in [5.74, 6) is 0. The summed E-state index contributed by atoms with van der Waals surface area (Å²) in [6, 6.07) is 3.65. The molecule has 1 N–H and O–H groups in total. The van der Waals surface area contributed by atoms with Gasteiger partial charge in [-0.3, -0.25) is 4.68 Å². The van der Waals surface area contributed by atoms with Gasteiger partial charge in [0.2, 0.25) is 10.0 Å². The van der Waals surface area contributed by atoms with Crippen LogP contribution in [-0.2, 0) is 34.3 Å². The smallest absolute Gasteiger partial charge is 0.240 e. The van der Waals surface area contributed by atoms with Crippen LogP contribution in [-0.4, -0.2) is 31.3 Å². The molecule has 1 aliphatic heterocycles. The fraction of sp³-hybridized carbons (Fsp3) is 0.471. The molecule has 0 radical (unpaired) electrons. The van der Waals surface area contributed by atoms with Crippen molar-refractivity contribution in [1.29, 1.82) is 0 Å². The van der Waals surface area contributed by atoms with Crippen LogP contribution in [0.4, 0.5) is 0 Å². The average molecular weight is 349 g/mol. The Bertz CT molecular complexity index is 856. The van der Waals surface area contributed by atoms with Crippen LogP contribution in [0.2, 0.25) is 0 Å². The Morgan fingerprint density at radius 3 is 2.75 bits per heavy atom. The summed E-state index contributed by atoms with van der Waals surface area (Å²) in [6.07, 6.45) is 2.62. The number of ether oxygens (including phenoxy) is 1. The Kier molecular flexibility index (Phi) is 4.76. The number of hydrogen-bond donors (Lipinski definition) is 1. The van der Waals surface area contributed by atoms with E-state index in [1.165, 1.54) is 0 Å². The minimum Gasteiger partial charge on any atom is -0.376 e. The molecule has 0 amide bonds. The van der Waals surface area contributed by atoms with Crippen molar-refractivity contribution in [2.45, 2.75) is 45.2 Å². The molecule has 6 nitrogen and oxygen atoms in total. The molecule has 3 rings (SSSR count). The van der Waals surface area contributed by atoms with Crippen molar-refractivity contribution in [3.8, 4) is 0 Å². The molecule has 130 valence electrons. The minimum atomic E-state index is -3.52. The summed E-state index contributed by atoms with van der Waals surface area (Å²) < 4.78 is 35.1. The number of rotatable bonds is 5. The second kappa shape index (κ2) is 6.66. The maximum Gasteiger partial charge on any atom is 0.240 e. The molecule has 7 heteroatoms. The van der Waals surface area contributed by atoms with Crippen LogP contribution in [0.15, 0.2) is 23.2 Å². The molecule has 1 aromatic heterocycles. The van der Waals surface area contributed by atoms with Crippen molar-refractivity contribution in [3.05, 3.63) is 46.3 Å². The van der Waals surface area contributed by atoms with E-state index in [2.05, 4.69) is 9.82 Å². The third-order valence-electron chi connectivity index (χ3n) is 4.47. The molecule has 0 fully saturated rings. The van der Waals surface area contributed by atoms with E-state index in [1.807, 2.05) is 31.5 Å². The number of benzene rings is 1. The first-order valence-electron chi connectivity index (χ1n) is 8.07. The second-order valence-corrected chi connectivity index (χ2v) is 7.98. The van der Waals surface area contributed by atoms with Crippen LogP contribution < -0.4 is 4.72 Å². The molecule has 2 aromatic rings. The van der Waals surface area contributed by atoms with Gasteiger partial charge >= 0.3 is 0 Å². The van der Waals surface area contributed by atoms with E-state index >= 15 is 0 Å². The van der Waals surface area contributed by atoms with Gasteiger partial charge in [-0.15, -0.1) is 0 Å². The highest BCUT2D eigenvalue weighted by Gasteiger charge is 2.19. The first-order chi connectivity index (χ1) is 11.4. The summed E-state index contributed by atoms with van der Waals surface area (Å²) >= 11 is 0. The Hall–Kier alpha value is -1.70. The monoisotopic (exact) mass is 349 g/mol. The zero-order valence-electron chi connectivity index (χ0n) is 14.3. The zero-order chi connectivity index (χ0) is 17.3. The van der Waals surface area contributed by atoms with E-state index in [9.17, 15) is 8.42 Å². The van der Waals surface area contributed by atoms with Gasteiger partial charge < -0.3 is 4.74 Å². The highest BCUT2D eigenvalue weighted by molar-refractivity contribution is 7.89. The van der Waals surface area contributed by atoms with Gasteiger partial charge in [-0.1, -0.05) is 6.07 Å². The number of hydrogen-bond acceptors (Lipinski definition) is 4. The van der Waals surface area contributed by atoms with E-state index in [-0.39, 0.29) is 0 Å². The summed E-state index contributed by atoms with van der Waals surface area (Å²) in [7, 11) is -3.52. The Labute approximate surface area is 142 Å². The molecule has 0 spiro atoms. The third-order valence-corrected chi connectivity index (χ3v) is 6.08. The van der Waals surface area contributed by atoms with E-state index in [0.717, 1.165) is 34.4 Å². The first-order valence-corrected chi connectivity index (χ1v) is 9.55.